The second-order valence-electron chi connectivity index (χ2n) is 4.03. The summed E-state index contributed by atoms with van der Waals surface area (Å²) in [5.41, 5.74) is 0.443. The summed E-state index contributed by atoms with van der Waals surface area (Å²) in [6.45, 7) is 2.10. The monoisotopic (exact) mass is 343 g/mol. The number of anilines is 1. The zero-order chi connectivity index (χ0) is 15.2. The van der Waals surface area contributed by atoms with Crippen LogP contribution in [0.15, 0.2) is 22.5 Å². The van der Waals surface area contributed by atoms with Gasteiger partial charge in [-0.3, -0.25) is 10.1 Å². The van der Waals surface area contributed by atoms with Gasteiger partial charge in [-0.1, -0.05) is 41.6 Å². The number of nitrogens with zero attached hydrogens (tertiary/aromatic N) is 2. The van der Waals surface area contributed by atoms with Gasteiger partial charge < -0.3 is 4.74 Å². The number of ether oxygens (including phenoxy) is 1. The Hall–Kier alpha value is -1.31. The molecule has 112 valence electrons. The van der Waals surface area contributed by atoms with Crippen LogP contribution in [-0.2, 0) is 0 Å². The number of rotatable bonds is 6. The molecule has 0 saturated heterocycles. The SMILES string of the molecule is CCCSc1nnc(NC(=O)c2ccc(OC)c(Cl)c2)s1. The van der Waals surface area contributed by atoms with Crippen molar-refractivity contribution in [2.45, 2.75) is 17.7 Å². The molecule has 0 atom stereocenters. The third kappa shape index (κ3) is 4.33. The second-order valence-corrected chi connectivity index (χ2v) is 6.75. The van der Waals surface area contributed by atoms with E-state index in [2.05, 4.69) is 22.4 Å². The Balaban J connectivity index is 2.03. The van der Waals surface area contributed by atoms with E-state index in [1.807, 2.05) is 0 Å². The predicted molar refractivity (Wildman–Crippen MR) is 86.9 cm³/mol. The first kappa shape index (κ1) is 16.1. The lowest BCUT2D eigenvalue weighted by molar-refractivity contribution is 0.102. The van der Waals surface area contributed by atoms with Crippen LogP contribution in [0.2, 0.25) is 5.02 Å². The van der Waals surface area contributed by atoms with Crippen LogP contribution >= 0.6 is 34.7 Å². The number of benzene rings is 1. The molecule has 0 saturated carbocycles. The smallest absolute Gasteiger partial charge is 0.257 e. The molecule has 1 heterocycles. The zero-order valence-corrected chi connectivity index (χ0v) is 13.9. The highest BCUT2D eigenvalue weighted by molar-refractivity contribution is 8.01. The molecular weight excluding hydrogens is 330 g/mol. The number of nitrogens with one attached hydrogen (secondary N) is 1. The van der Waals surface area contributed by atoms with Crippen LogP contribution in [0.4, 0.5) is 5.13 Å². The van der Waals surface area contributed by atoms with Crippen molar-refractivity contribution in [3.63, 3.8) is 0 Å². The fourth-order valence-electron chi connectivity index (χ4n) is 1.48. The maximum Gasteiger partial charge on any atom is 0.257 e. The van der Waals surface area contributed by atoms with Crippen LogP contribution in [0.25, 0.3) is 0 Å². The summed E-state index contributed by atoms with van der Waals surface area (Å²) in [6.07, 6.45) is 1.07. The summed E-state index contributed by atoms with van der Waals surface area (Å²) >= 11 is 8.99. The number of thioether (sulfide) groups is 1. The lowest BCUT2D eigenvalue weighted by atomic mass is 10.2. The van der Waals surface area contributed by atoms with Crippen molar-refractivity contribution in [1.82, 2.24) is 10.2 Å². The summed E-state index contributed by atoms with van der Waals surface area (Å²) in [5.74, 6) is 1.24. The number of aromatic nitrogens is 2. The van der Waals surface area contributed by atoms with Crippen molar-refractivity contribution >= 4 is 45.7 Å². The molecule has 1 aromatic heterocycles. The Morgan fingerprint density at radius 1 is 1.48 bits per heavy atom. The predicted octanol–water partition coefficient (Wildman–Crippen LogP) is 3.95. The summed E-state index contributed by atoms with van der Waals surface area (Å²) in [5, 5.41) is 11.5. The van der Waals surface area contributed by atoms with Crippen molar-refractivity contribution in [3.05, 3.63) is 28.8 Å². The van der Waals surface area contributed by atoms with Crippen LogP contribution in [0.1, 0.15) is 23.7 Å². The van der Waals surface area contributed by atoms with E-state index in [0.29, 0.717) is 21.5 Å². The van der Waals surface area contributed by atoms with E-state index in [4.69, 9.17) is 16.3 Å². The number of carbonyl (C=O) groups is 1. The maximum absolute atomic E-state index is 12.1. The van der Waals surface area contributed by atoms with Gasteiger partial charge in [0.1, 0.15) is 5.75 Å². The average Bonchev–Trinajstić information content (AvgIpc) is 2.92. The fourth-order valence-corrected chi connectivity index (χ4v) is 3.41. The molecule has 0 radical (unpaired) electrons. The first-order valence-electron chi connectivity index (χ1n) is 6.25. The molecule has 2 rings (SSSR count). The normalized spacial score (nSPS) is 10.4. The second kappa shape index (κ2) is 7.63. The Kier molecular flexibility index (Phi) is 5.84. The van der Waals surface area contributed by atoms with E-state index in [9.17, 15) is 4.79 Å². The Morgan fingerprint density at radius 2 is 2.29 bits per heavy atom. The highest BCUT2D eigenvalue weighted by atomic mass is 35.5. The van der Waals surface area contributed by atoms with Crippen molar-refractivity contribution < 1.29 is 9.53 Å². The van der Waals surface area contributed by atoms with E-state index in [1.54, 1.807) is 30.0 Å². The quantitative estimate of drug-likeness (QED) is 0.635. The lowest BCUT2D eigenvalue weighted by Crippen LogP contribution is -2.11. The molecule has 0 bridgehead atoms. The van der Waals surface area contributed by atoms with Crippen molar-refractivity contribution in [3.8, 4) is 5.75 Å². The van der Waals surface area contributed by atoms with Gasteiger partial charge in [-0.05, 0) is 24.6 Å². The number of hydrogen-bond acceptors (Lipinski definition) is 6. The van der Waals surface area contributed by atoms with Gasteiger partial charge in [-0.15, -0.1) is 10.2 Å². The van der Waals surface area contributed by atoms with Gasteiger partial charge in [-0.2, -0.15) is 0 Å². The zero-order valence-electron chi connectivity index (χ0n) is 11.6. The number of halogens is 1. The first-order valence-corrected chi connectivity index (χ1v) is 8.43. The van der Waals surface area contributed by atoms with Gasteiger partial charge in [0.2, 0.25) is 5.13 Å². The van der Waals surface area contributed by atoms with Gasteiger partial charge in [0, 0.05) is 11.3 Å². The molecule has 0 unspecified atom stereocenters. The number of carbonyl (C=O) groups excluding carboxylic acids is 1. The Morgan fingerprint density at radius 3 is 2.95 bits per heavy atom. The van der Waals surface area contributed by atoms with E-state index in [1.165, 1.54) is 18.4 Å². The molecule has 2 aromatic rings. The molecule has 5 nitrogen and oxygen atoms in total. The van der Waals surface area contributed by atoms with E-state index in [0.717, 1.165) is 16.5 Å². The lowest BCUT2D eigenvalue weighted by Gasteiger charge is -2.05. The maximum atomic E-state index is 12.1. The highest BCUT2D eigenvalue weighted by Crippen LogP contribution is 2.27. The first-order chi connectivity index (χ1) is 10.1. The number of amides is 1. The van der Waals surface area contributed by atoms with Gasteiger partial charge >= 0.3 is 0 Å². The third-order valence-corrected chi connectivity index (χ3v) is 4.94. The van der Waals surface area contributed by atoms with Crippen molar-refractivity contribution in [2.75, 3.05) is 18.2 Å². The summed E-state index contributed by atoms with van der Waals surface area (Å²) in [4.78, 5) is 12.1. The molecule has 0 aliphatic heterocycles. The molecule has 21 heavy (non-hydrogen) atoms. The van der Waals surface area contributed by atoms with Crippen LogP contribution in [0, 0.1) is 0 Å². The minimum Gasteiger partial charge on any atom is -0.495 e. The van der Waals surface area contributed by atoms with Crippen LogP contribution in [0.5, 0.6) is 5.75 Å². The minimum atomic E-state index is -0.275. The Bertz CT molecular complexity index is 634. The van der Waals surface area contributed by atoms with Crippen LogP contribution in [0.3, 0.4) is 0 Å². The van der Waals surface area contributed by atoms with E-state index in [-0.39, 0.29) is 5.91 Å². The summed E-state index contributed by atoms with van der Waals surface area (Å²) in [7, 11) is 1.53. The molecule has 0 spiro atoms. The van der Waals surface area contributed by atoms with Gasteiger partial charge in [0.15, 0.2) is 4.34 Å². The Labute approximate surface area is 136 Å². The molecular formula is C13H14ClN3O2S2. The van der Waals surface area contributed by atoms with Gasteiger partial charge in [-0.25, -0.2) is 0 Å². The molecule has 1 amide bonds. The summed E-state index contributed by atoms with van der Waals surface area (Å²) in [6, 6.07) is 4.86. The molecule has 1 aromatic carbocycles. The van der Waals surface area contributed by atoms with Crippen molar-refractivity contribution in [2.24, 2.45) is 0 Å². The van der Waals surface area contributed by atoms with Crippen LogP contribution in [-0.4, -0.2) is 29.0 Å². The minimum absolute atomic E-state index is 0.275. The molecule has 1 N–H and O–H groups in total. The van der Waals surface area contributed by atoms with Gasteiger partial charge in [0.25, 0.3) is 5.91 Å². The number of methoxy groups -OCH3 is 1. The van der Waals surface area contributed by atoms with E-state index >= 15 is 0 Å². The third-order valence-electron chi connectivity index (χ3n) is 2.47. The van der Waals surface area contributed by atoms with Crippen LogP contribution < -0.4 is 10.1 Å². The number of hydrogen-bond donors (Lipinski definition) is 1. The van der Waals surface area contributed by atoms with Crippen molar-refractivity contribution in [1.29, 1.82) is 0 Å². The molecule has 0 aliphatic carbocycles. The highest BCUT2D eigenvalue weighted by Gasteiger charge is 2.12. The average molecular weight is 344 g/mol. The molecule has 0 aliphatic rings. The fraction of sp³-hybridized carbons (Fsp3) is 0.308. The molecule has 8 heteroatoms. The molecule has 0 fully saturated rings. The van der Waals surface area contributed by atoms with E-state index < -0.39 is 0 Å². The topological polar surface area (TPSA) is 64.1 Å². The summed E-state index contributed by atoms with van der Waals surface area (Å²) < 4.78 is 5.90. The largest absolute Gasteiger partial charge is 0.495 e. The standard InChI is InChI=1S/C13H14ClN3O2S2/c1-3-6-20-13-17-16-12(21-13)15-11(18)8-4-5-10(19-2)9(14)7-8/h4-5,7H,3,6H2,1-2H3,(H,15,16,18). The van der Waals surface area contributed by atoms with Gasteiger partial charge in [0.05, 0.1) is 12.1 Å².